The number of hydrogen-bond donors (Lipinski definition) is 2. The zero-order valence-corrected chi connectivity index (χ0v) is 23.2. The lowest BCUT2D eigenvalue weighted by Gasteiger charge is -2.32. The highest BCUT2D eigenvalue weighted by molar-refractivity contribution is 6.30. The number of nitrogens with zero attached hydrogens (tertiary/aromatic N) is 6. The van der Waals surface area contributed by atoms with Gasteiger partial charge in [-0.25, -0.2) is 14.4 Å². The fourth-order valence-electron chi connectivity index (χ4n) is 5.34. The Kier molecular flexibility index (Phi) is 8.00. The second-order valence-electron chi connectivity index (χ2n) is 10.4. The minimum absolute atomic E-state index is 0.0485. The van der Waals surface area contributed by atoms with E-state index in [0.717, 1.165) is 61.5 Å². The van der Waals surface area contributed by atoms with Gasteiger partial charge in [0.15, 0.2) is 5.84 Å². The van der Waals surface area contributed by atoms with Crippen molar-refractivity contribution in [1.82, 2.24) is 24.4 Å². The molecule has 12 heteroatoms. The summed E-state index contributed by atoms with van der Waals surface area (Å²) in [5.41, 5.74) is 9.21. The third kappa shape index (κ3) is 6.12. The minimum Gasteiger partial charge on any atom is -0.473 e. The van der Waals surface area contributed by atoms with Crippen LogP contribution in [0.1, 0.15) is 48.0 Å². The third-order valence-electron chi connectivity index (χ3n) is 7.77. The lowest BCUT2D eigenvalue weighted by molar-refractivity contribution is -0.0592. The Bertz CT molecular complexity index is 1570. The van der Waals surface area contributed by atoms with Crippen LogP contribution in [0, 0.1) is 5.82 Å². The molecule has 5 heterocycles. The standard InChI is InChI=1S/C29H31ClFN7O3/c30-20-5-4-19(22(31)12-20)17-41-28-3-1-2-23(35-28)18-6-9-37(10-7-18)16-27-34-24-13-25(29(32)36-39)33-14-26(24)38(27)15-21-8-11-40-21/h1-5,12-14,18,21,39H,6-11,15-17H2,(H2,32,36). The predicted molar refractivity (Wildman–Crippen MR) is 152 cm³/mol. The zero-order chi connectivity index (χ0) is 28.3. The number of likely N-dealkylation sites (tertiary alicyclic amines) is 1. The van der Waals surface area contributed by atoms with Crippen LogP contribution in [0.3, 0.4) is 0 Å². The number of hydrogen-bond acceptors (Lipinski definition) is 8. The van der Waals surface area contributed by atoms with Gasteiger partial charge in [-0.15, -0.1) is 0 Å². The van der Waals surface area contributed by atoms with E-state index >= 15 is 0 Å². The van der Waals surface area contributed by atoms with Crippen LogP contribution in [0.15, 0.2) is 53.8 Å². The summed E-state index contributed by atoms with van der Waals surface area (Å²) >= 11 is 5.85. The Morgan fingerprint density at radius 2 is 2.00 bits per heavy atom. The number of piperidine rings is 1. The van der Waals surface area contributed by atoms with Crippen molar-refractivity contribution in [2.45, 2.75) is 51.0 Å². The summed E-state index contributed by atoms with van der Waals surface area (Å²) in [6, 6.07) is 12.1. The quantitative estimate of drug-likeness (QED) is 0.129. The minimum atomic E-state index is -0.394. The topological polar surface area (TPSA) is 124 Å². The summed E-state index contributed by atoms with van der Waals surface area (Å²) in [6.45, 7) is 4.06. The molecule has 0 aliphatic carbocycles. The molecule has 0 radical (unpaired) electrons. The molecule has 2 saturated heterocycles. The van der Waals surface area contributed by atoms with Crippen molar-refractivity contribution in [3.63, 3.8) is 0 Å². The fraction of sp³-hybridized carbons (Fsp3) is 0.379. The maximum absolute atomic E-state index is 14.1. The highest BCUT2D eigenvalue weighted by atomic mass is 35.5. The number of pyridine rings is 2. The number of aromatic nitrogens is 4. The van der Waals surface area contributed by atoms with E-state index in [9.17, 15) is 4.39 Å². The molecule has 0 spiro atoms. The number of ether oxygens (including phenoxy) is 2. The van der Waals surface area contributed by atoms with Gasteiger partial charge in [0, 0.05) is 34.9 Å². The van der Waals surface area contributed by atoms with Crippen molar-refractivity contribution in [2.75, 3.05) is 19.7 Å². The number of imidazole rings is 1. The zero-order valence-electron chi connectivity index (χ0n) is 22.4. The molecule has 2 aliphatic rings. The number of amidine groups is 1. The largest absolute Gasteiger partial charge is 0.473 e. The molecule has 3 aromatic heterocycles. The van der Waals surface area contributed by atoms with Gasteiger partial charge in [-0.2, -0.15) is 0 Å². The van der Waals surface area contributed by atoms with E-state index < -0.39 is 5.82 Å². The Morgan fingerprint density at radius 1 is 1.17 bits per heavy atom. The maximum Gasteiger partial charge on any atom is 0.213 e. The Hall–Kier alpha value is -3.80. The van der Waals surface area contributed by atoms with Crippen molar-refractivity contribution >= 4 is 28.5 Å². The van der Waals surface area contributed by atoms with E-state index in [1.807, 2.05) is 12.1 Å². The molecule has 0 amide bonds. The first-order valence-corrected chi connectivity index (χ1v) is 14.1. The number of fused-ring (bicyclic) bond motifs is 1. The first-order chi connectivity index (χ1) is 20.0. The van der Waals surface area contributed by atoms with E-state index in [1.165, 1.54) is 6.07 Å². The molecular weight excluding hydrogens is 549 g/mol. The summed E-state index contributed by atoms with van der Waals surface area (Å²) in [6.07, 6.45) is 4.81. The first-order valence-electron chi connectivity index (χ1n) is 13.7. The normalized spacial score (nSPS) is 18.5. The van der Waals surface area contributed by atoms with Crippen molar-refractivity contribution in [3.8, 4) is 5.88 Å². The van der Waals surface area contributed by atoms with E-state index in [-0.39, 0.29) is 18.5 Å². The molecule has 1 atom stereocenters. The average Bonchev–Trinajstić information content (AvgIpc) is 3.30. The van der Waals surface area contributed by atoms with Crippen LogP contribution in [-0.4, -0.2) is 61.3 Å². The number of nitrogens with two attached hydrogens (primary N) is 1. The number of benzene rings is 1. The monoisotopic (exact) mass is 579 g/mol. The van der Waals surface area contributed by atoms with Gasteiger partial charge in [0.1, 0.15) is 23.9 Å². The number of halogens is 2. The molecule has 41 heavy (non-hydrogen) atoms. The van der Waals surface area contributed by atoms with Gasteiger partial charge in [-0.05, 0) is 56.6 Å². The van der Waals surface area contributed by atoms with Crippen molar-refractivity contribution in [2.24, 2.45) is 10.9 Å². The maximum atomic E-state index is 14.1. The second-order valence-corrected chi connectivity index (χ2v) is 10.9. The van der Waals surface area contributed by atoms with Crippen LogP contribution in [0.5, 0.6) is 5.88 Å². The molecule has 2 fully saturated rings. The molecule has 6 rings (SSSR count). The van der Waals surface area contributed by atoms with Crippen molar-refractivity contribution in [1.29, 1.82) is 0 Å². The highest BCUT2D eigenvalue weighted by Gasteiger charge is 2.26. The van der Waals surface area contributed by atoms with Gasteiger partial charge >= 0.3 is 0 Å². The molecule has 4 aromatic rings. The SMILES string of the molecule is NC(=NO)c1cc2nc(CN3CCC(c4cccc(OCc5ccc(Cl)cc5F)n4)CC3)n(CC3CCO3)c2cn1. The Labute approximate surface area is 241 Å². The first kappa shape index (κ1) is 27.4. The molecule has 1 unspecified atom stereocenters. The number of rotatable bonds is 9. The van der Waals surface area contributed by atoms with E-state index in [2.05, 4.69) is 19.6 Å². The summed E-state index contributed by atoms with van der Waals surface area (Å²) < 4.78 is 27.8. The summed E-state index contributed by atoms with van der Waals surface area (Å²) in [5, 5.41) is 12.5. The average molecular weight is 580 g/mol. The van der Waals surface area contributed by atoms with E-state index in [0.29, 0.717) is 41.2 Å². The molecule has 2 aliphatic heterocycles. The van der Waals surface area contributed by atoms with Crippen LogP contribution in [0.4, 0.5) is 4.39 Å². The van der Waals surface area contributed by atoms with Crippen molar-refractivity contribution in [3.05, 3.63) is 82.3 Å². The molecule has 1 aromatic carbocycles. The fourth-order valence-corrected chi connectivity index (χ4v) is 5.50. The smallest absolute Gasteiger partial charge is 0.213 e. The number of oxime groups is 1. The van der Waals surface area contributed by atoms with Crippen LogP contribution in [0.2, 0.25) is 5.02 Å². The molecule has 0 saturated carbocycles. The van der Waals surface area contributed by atoms with Gasteiger partial charge in [-0.1, -0.05) is 28.9 Å². The molecule has 214 valence electrons. The molecule has 3 N–H and O–H groups in total. The summed E-state index contributed by atoms with van der Waals surface area (Å²) in [4.78, 5) is 16.4. The Balaban J connectivity index is 1.11. The van der Waals surface area contributed by atoms with Gasteiger partial charge in [0.25, 0.3) is 0 Å². The van der Waals surface area contributed by atoms with Gasteiger partial charge < -0.3 is 25.0 Å². The summed E-state index contributed by atoms with van der Waals surface area (Å²) in [7, 11) is 0. The Morgan fingerprint density at radius 3 is 2.73 bits per heavy atom. The van der Waals surface area contributed by atoms with E-state index in [4.69, 9.17) is 42.0 Å². The molecule has 0 bridgehead atoms. The lowest BCUT2D eigenvalue weighted by atomic mass is 9.93. The van der Waals surface area contributed by atoms with Crippen LogP contribution >= 0.6 is 11.6 Å². The van der Waals surface area contributed by atoms with Crippen molar-refractivity contribution < 1.29 is 19.1 Å². The lowest BCUT2D eigenvalue weighted by Crippen LogP contribution is -2.35. The predicted octanol–water partition coefficient (Wildman–Crippen LogP) is 4.46. The third-order valence-corrected chi connectivity index (χ3v) is 8.01. The van der Waals surface area contributed by atoms with Crippen LogP contribution in [-0.2, 0) is 24.4 Å². The second kappa shape index (κ2) is 12.0. The van der Waals surface area contributed by atoms with Gasteiger partial charge in [0.05, 0.1) is 36.4 Å². The van der Waals surface area contributed by atoms with Gasteiger partial charge in [0.2, 0.25) is 5.88 Å². The summed E-state index contributed by atoms with van der Waals surface area (Å²) in [5.74, 6) is 1.28. The van der Waals surface area contributed by atoms with Crippen LogP contribution in [0.25, 0.3) is 11.0 Å². The molecular formula is C29H31ClFN7O3. The highest BCUT2D eigenvalue weighted by Crippen LogP contribution is 2.30. The van der Waals surface area contributed by atoms with E-state index in [1.54, 1.807) is 30.5 Å². The molecule has 10 nitrogen and oxygen atoms in total. The van der Waals surface area contributed by atoms with Gasteiger partial charge in [-0.3, -0.25) is 9.88 Å². The van der Waals surface area contributed by atoms with Crippen LogP contribution < -0.4 is 10.5 Å².